The largest absolute Gasteiger partial charge is 0.494 e. The molecule has 0 aliphatic rings. The number of carbonyl (C=O) groups is 2. The third-order valence-electron chi connectivity index (χ3n) is 4.50. The summed E-state index contributed by atoms with van der Waals surface area (Å²) in [6.45, 7) is 2.76. The molecule has 0 aromatic heterocycles. The SMILES string of the molecule is CCOc1ccc(NC(=O)C(=O)N/N=C/c2ccc(OCc3ccc(Cl)cc3)c(OC)c2)cc1. The number of rotatable bonds is 9. The summed E-state index contributed by atoms with van der Waals surface area (Å²) >= 11 is 5.90. The summed E-state index contributed by atoms with van der Waals surface area (Å²) in [5, 5.41) is 6.99. The van der Waals surface area contributed by atoms with Crippen molar-refractivity contribution >= 4 is 35.3 Å². The molecule has 3 rings (SSSR count). The molecule has 0 spiro atoms. The Morgan fingerprint density at radius 1 is 0.941 bits per heavy atom. The zero-order chi connectivity index (χ0) is 24.3. The molecule has 176 valence electrons. The van der Waals surface area contributed by atoms with E-state index in [0.717, 1.165) is 5.56 Å². The van der Waals surface area contributed by atoms with Crippen molar-refractivity contribution in [3.05, 3.63) is 82.9 Å². The molecule has 0 aliphatic heterocycles. The zero-order valence-corrected chi connectivity index (χ0v) is 19.5. The van der Waals surface area contributed by atoms with Crippen molar-refractivity contribution in [2.75, 3.05) is 19.0 Å². The second-order valence-corrected chi connectivity index (χ2v) is 7.37. The van der Waals surface area contributed by atoms with E-state index >= 15 is 0 Å². The standard InChI is InChI=1S/C25H24ClN3O5/c1-3-33-21-11-9-20(10-12-21)28-24(30)25(31)29-27-15-18-6-13-22(23(14-18)32-2)34-16-17-4-7-19(26)8-5-17/h4-15H,3,16H2,1-2H3,(H,28,30)(H,29,31)/b27-15+. The van der Waals surface area contributed by atoms with Gasteiger partial charge in [0, 0.05) is 10.7 Å². The van der Waals surface area contributed by atoms with Crippen molar-refractivity contribution < 1.29 is 23.8 Å². The van der Waals surface area contributed by atoms with E-state index in [1.807, 2.05) is 19.1 Å². The van der Waals surface area contributed by atoms with Crippen LogP contribution in [0.3, 0.4) is 0 Å². The fourth-order valence-electron chi connectivity index (χ4n) is 2.83. The summed E-state index contributed by atoms with van der Waals surface area (Å²) in [4.78, 5) is 24.1. The Balaban J connectivity index is 1.53. The molecule has 8 nitrogen and oxygen atoms in total. The summed E-state index contributed by atoms with van der Waals surface area (Å²) in [6.07, 6.45) is 1.40. The molecule has 0 unspecified atom stereocenters. The Morgan fingerprint density at radius 3 is 2.35 bits per heavy atom. The van der Waals surface area contributed by atoms with Crippen LogP contribution in [0.1, 0.15) is 18.1 Å². The molecule has 3 aromatic carbocycles. The highest BCUT2D eigenvalue weighted by Gasteiger charge is 2.13. The smallest absolute Gasteiger partial charge is 0.329 e. The first-order valence-electron chi connectivity index (χ1n) is 10.4. The predicted octanol–water partition coefficient (Wildman–Crippen LogP) is 4.42. The molecule has 3 aromatic rings. The molecule has 0 aliphatic carbocycles. The van der Waals surface area contributed by atoms with Gasteiger partial charge < -0.3 is 19.5 Å². The van der Waals surface area contributed by atoms with Crippen LogP contribution < -0.4 is 25.0 Å². The van der Waals surface area contributed by atoms with Crippen molar-refractivity contribution in [1.82, 2.24) is 5.43 Å². The normalized spacial score (nSPS) is 10.6. The summed E-state index contributed by atoms with van der Waals surface area (Å²) in [6, 6.07) is 19.2. The Morgan fingerprint density at radius 2 is 1.68 bits per heavy atom. The van der Waals surface area contributed by atoms with Crippen molar-refractivity contribution in [1.29, 1.82) is 0 Å². The maximum absolute atomic E-state index is 12.0. The average Bonchev–Trinajstić information content (AvgIpc) is 2.85. The van der Waals surface area contributed by atoms with E-state index in [2.05, 4.69) is 15.8 Å². The number of hydrogen-bond donors (Lipinski definition) is 2. The van der Waals surface area contributed by atoms with Crippen LogP contribution in [-0.2, 0) is 16.2 Å². The van der Waals surface area contributed by atoms with Crippen molar-refractivity contribution in [3.8, 4) is 17.2 Å². The molecular weight excluding hydrogens is 458 g/mol. The quantitative estimate of drug-likeness (QED) is 0.268. The van der Waals surface area contributed by atoms with Gasteiger partial charge in [-0.2, -0.15) is 5.10 Å². The molecule has 0 heterocycles. The molecule has 2 N–H and O–H groups in total. The molecule has 0 saturated carbocycles. The van der Waals surface area contributed by atoms with E-state index in [4.69, 9.17) is 25.8 Å². The number of nitrogens with one attached hydrogen (secondary N) is 2. The van der Waals surface area contributed by atoms with Crippen LogP contribution in [0.25, 0.3) is 0 Å². The second-order valence-electron chi connectivity index (χ2n) is 6.94. The number of amides is 2. The molecule has 0 fully saturated rings. The highest BCUT2D eigenvalue weighted by atomic mass is 35.5. The maximum Gasteiger partial charge on any atom is 0.329 e. The minimum absolute atomic E-state index is 0.348. The number of carbonyl (C=O) groups excluding carboxylic acids is 2. The lowest BCUT2D eigenvalue weighted by Crippen LogP contribution is -2.32. The van der Waals surface area contributed by atoms with Gasteiger partial charge in [0.05, 0.1) is 19.9 Å². The van der Waals surface area contributed by atoms with Crippen LogP contribution in [0.2, 0.25) is 5.02 Å². The highest BCUT2D eigenvalue weighted by Crippen LogP contribution is 2.28. The number of anilines is 1. The van der Waals surface area contributed by atoms with Gasteiger partial charge in [-0.05, 0) is 72.6 Å². The topological polar surface area (TPSA) is 98.2 Å². The minimum atomic E-state index is -0.903. The van der Waals surface area contributed by atoms with Gasteiger partial charge in [0.25, 0.3) is 0 Å². The first-order chi connectivity index (χ1) is 16.5. The second kappa shape index (κ2) is 12.3. The van der Waals surface area contributed by atoms with Crippen LogP contribution in [0, 0.1) is 0 Å². The monoisotopic (exact) mass is 481 g/mol. The van der Waals surface area contributed by atoms with Crippen LogP contribution in [0.4, 0.5) is 5.69 Å². The number of hydrazone groups is 1. The first-order valence-corrected chi connectivity index (χ1v) is 10.8. The van der Waals surface area contributed by atoms with Crippen LogP contribution in [0.5, 0.6) is 17.2 Å². The Labute approximate surface area is 202 Å². The molecule has 9 heteroatoms. The lowest BCUT2D eigenvalue weighted by atomic mass is 10.2. The van der Waals surface area contributed by atoms with Crippen LogP contribution in [-0.4, -0.2) is 31.7 Å². The number of halogens is 1. The van der Waals surface area contributed by atoms with E-state index in [1.54, 1.807) is 54.6 Å². The zero-order valence-electron chi connectivity index (χ0n) is 18.7. The van der Waals surface area contributed by atoms with Gasteiger partial charge in [-0.25, -0.2) is 5.43 Å². The van der Waals surface area contributed by atoms with Gasteiger partial charge in [0.15, 0.2) is 11.5 Å². The summed E-state index contributed by atoms with van der Waals surface area (Å²) in [5.41, 5.74) is 4.26. The third-order valence-corrected chi connectivity index (χ3v) is 4.76. The average molecular weight is 482 g/mol. The van der Waals surface area contributed by atoms with Gasteiger partial charge in [-0.15, -0.1) is 0 Å². The highest BCUT2D eigenvalue weighted by molar-refractivity contribution is 6.39. The van der Waals surface area contributed by atoms with Crippen LogP contribution in [0.15, 0.2) is 71.8 Å². The molecule has 0 atom stereocenters. The lowest BCUT2D eigenvalue weighted by Gasteiger charge is -2.11. The third kappa shape index (κ3) is 7.25. The summed E-state index contributed by atoms with van der Waals surface area (Å²) in [7, 11) is 1.53. The van der Waals surface area contributed by atoms with E-state index in [0.29, 0.717) is 46.7 Å². The fraction of sp³-hybridized carbons (Fsp3) is 0.160. The Bertz CT molecular complexity index is 1150. The predicted molar refractivity (Wildman–Crippen MR) is 131 cm³/mol. The molecule has 34 heavy (non-hydrogen) atoms. The van der Waals surface area contributed by atoms with Crippen LogP contribution >= 0.6 is 11.6 Å². The van der Waals surface area contributed by atoms with Gasteiger partial charge in [0.2, 0.25) is 0 Å². The van der Waals surface area contributed by atoms with Crippen molar-refractivity contribution in [3.63, 3.8) is 0 Å². The number of ether oxygens (including phenoxy) is 3. The molecule has 0 bridgehead atoms. The summed E-state index contributed by atoms with van der Waals surface area (Å²) < 4.78 is 16.5. The molecule has 0 radical (unpaired) electrons. The molecule has 0 saturated heterocycles. The van der Waals surface area contributed by atoms with Gasteiger partial charge >= 0.3 is 11.8 Å². The molecular formula is C25H24ClN3O5. The summed E-state index contributed by atoms with van der Waals surface area (Å²) in [5.74, 6) is -0.0258. The first kappa shape index (κ1) is 24.6. The number of benzene rings is 3. The Hall–Kier alpha value is -4.04. The number of hydrogen-bond acceptors (Lipinski definition) is 6. The van der Waals surface area contributed by atoms with Gasteiger partial charge in [-0.3, -0.25) is 9.59 Å². The lowest BCUT2D eigenvalue weighted by molar-refractivity contribution is -0.136. The van der Waals surface area contributed by atoms with E-state index in [1.165, 1.54) is 13.3 Å². The van der Waals surface area contributed by atoms with Gasteiger partial charge in [0.1, 0.15) is 12.4 Å². The Kier molecular flexibility index (Phi) is 8.88. The fourth-order valence-corrected chi connectivity index (χ4v) is 2.96. The van der Waals surface area contributed by atoms with Crippen molar-refractivity contribution in [2.45, 2.75) is 13.5 Å². The molecule has 2 amide bonds. The number of methoxy groups -OCH3 is 1. The minimum Gasteiger partial charge on any atom is -0.494 e. The maximum atomic E-state index is 12.0. The van der Waals surface area contributed by atoms with Crippen molar-refractivity contribution in [2.24, 2.45) is 5.10 Å². The van der Waals surface area contributed by atoms with E-state index in [9.17, 15) is 9.59 Å². The van der Waals surface area contributed by atoms with Gasteiger partial charge in [-0.1, -0.05) is 23.7 Å². The van der Waals surface area contributed by atoms with E-state index < -0.39 is 11.8 Å². The van der Waals surface area contributed by atoms with E-state index in [-0.39, 0.29) is 0 Å². The number of nitrogens with zero attached hydrogens (tertiary/aromatic N) is 1.